The zero-order valence-electron chi connectivity index (χ0n) is 12.6. The number of rotatable bonds is 5. The molecule has 1 aliphatic heterocycles. The van der Waals surface area contributed by atoms with Gasteiger partial charge in [0.25, 0.3) is 0 Å². The standard InChI is InChI=1S/C15H27N3O/c1-5-11(3)15-10-18(13(6-2)8-16-15)9-14-7-12(4)17-19-14/h7,11,13,15-16H,5-6,8-10H2,1-4H3. The summed E-state index contributed by atoms with van der Waals surface area (Å²) in [5.41, 5.74) is 0.969. The Bertz CT molecular complexity index is 390. The number of nitrogens with zero attached hydrogens (tertiary/aromatic N) is 2. The number of aryl methyl sites for hydroxylation is 1. The first kappa shape index (κ1) is 14.5. The Morgan fingerprint density at radius 1 is 1.53 bits per heavy atom. The first-order valence-electron chi connectivity index (χ1n) is 7.53. The van der Waals surface area contributed by atoms with E-state index >= 15 is 0 Å². The lowest BCUT2D eigenvalue weighted by Crippen LogP contribution is -2.57. The number of nitrogens with one attached hydrogen (secondary N) is 1. The highest BCUT2D eigenvalue weighted by molar-refractivity contribution is 5.04. The van der Waals surface area contributed by atoms with E-state index in [0.717, 1.165) is 37.0 Å². The van der Waals surface area contributed by atoms with Gasteiger partial charge in [-0.05, 0) is 19.3 Å². The van der Waals surface area contributed by atoms with Crippen molar-refractivity contribution in [2.75, 3.05) is 13.1 Å². The zero-order valence-corrected chi connectivity index (χ0v) is 12.6. The van der Waals surface area contributed by atoms with Gasteiger partial charge in [-0.1, -0.05) is 32.3 Å². The van der Waals surface area contributed by atoms with E-state index in [1.807, 2.05) is 13.0 Å². The minimum atomic E-state index is 0.594. The Morgan fingerprint density at radius 3 is 2.89 bits per heavy atom. The van der Waals surface area contributed by atoms with E-state index in [1.165, 1.54) is 12.8 Å². The van der Waals surface area contributed by atoms with Crippen molar-refractivity contribution in [1.29, 1.82) is 0 Å². The molecule has 2 heterocycles. The maximum atomic E-state index is 5.37. The highest BCUT2D eigenvalue weighted by Gasteiger charge is 2.29. The van der Waals surface area contributed by atoms with Crippen LogP contribution < -0.4 is 5.32 Å². The predicted molar refractivity (Wildman–Crippen MR) is 77.0 cm³/mol. The highest BCUT2D eigenvalue weighted by Crippen LogP contribution is 2.19. The molecule has 0 aromatic carbocycles. The fraction of sp³-hybridized carbons (Fsp3) is 0.800. The van der Waals surface area contributed by atoms with Crippen LogP contribution in [0.15, 0.2) is 10.6 Å². The van der Waals surface area contributed by atoms with Gasteiger partial charge in [0.05, 0.1) is 12.2 Å². The van der Waals surface area contributed by atoms with E-state index in [9.17, 15) is 0 Å². The van der Waals surface area contributed by atoms with Gasteiger partial charge in [0.1, 0.15) is 0 Å². The lowest BCUT2D eigenvalue weighted by Gasteiger charge is -2.41. The Hall–Kier alpha value is -0.870. The van der Waals surface area contributed by atoms with Crippen LogP contribution in [0.4, 0.5) is 0 Å². The van der Waals surface area contributed by atoms with Crippen LogP contribution in [0, 0.1) is 12.8 Å². The molecule has 19 heavy (non-hydrogen) atoms. The van der Waals surface area contributed by atoms with Gasteiger partial charge in [-0.25, -0.2) is 0 Å². The molecule has 1 aromatic heterocycles. The third-order valence-electron chi connectivity index (χ3n) is 4.40. The van der Waals surface area contributed by atoms with Crippen LogP contribution in [-0.2, 0) is 6.54 Å². The molecule has 0 saturated carbocycles. The van der Waals surface area contributed by atoms with Crippen molar-refractivity contribution < 1.29 is 4.52 Å². The number of piperazine rings is 1. The summed E-state index contributed by atoms with van der Waals surface area (Å²) in [7, 11) is 0. The van der Waals surface area contributed by atoms with Crippen LogP contribution >= 0.6 is 0 Å². The molecule has 1 saturated heterocycles. The summed E-state index contributed by atoms with van der Waals surface area (Å²) < 4.78 is 5.37. The molecule has 0 amide bonds. The van der Waals surface area contributed by atoms with Crippen molar-refractivity contribution in [2.24, 2.45) is 5.92 Å². The van der Waals surface area contributed by atoms with Crippen molar-refractivity contribution in [3.63, 3.8) is 0 Å². The maximum absolute atomic E-state index is 5.37. The summed E-state index contributed by atoms with van der Waals surface area (Å²) in [6, 6.07) is 3.25. The van der Waals surface area contributed by atoms with E-state index in [2.05, 4.69) is 36.1 Å². The SMILES string of the molecule is CCC(C)C1CN(Cc2cc(C)no2)C(CC)CN1. The van der Waals surface area contributed by atoms with Crippen molar-refractivity contribution in [1.82, 2.24) is 15.4 Å². The molecule has 0 spiro atoms. The lowest BCUT2D eigenvalue weighted by molar-refractivity contribution is 0.0899. The molecular formula is C15H27N3O. The van der Waals surface area contributed by atoms with Crippen LogP contribution in [0.25, 0.3) is 0 Å². The van der Waals surface area contributed by atoms with E-state index in [-0.39, 0.29) is 0 Å². The molecule has 1 aliphatic rings. The average Bonchev–Trinajstić information content (AvgIpc) is 2.83. The number of hydrogen-bond acceptors (Lipinski definition) is 4. The number of aromatic nitrogens is 1. The second kappa shape index (κ2) is 6.53. The lowest BCUT2D eigenvalue weighted by atomic mass is 9.95. The van der Waals surface area contributed by atoms with Gasteiger partial charge in [-0.3, -0.25) is 4.90 Å². The summed E-state index contributed by atoms with van der Waals surface area (Å²) in [4.78, 5) is 2.55. The maximum Gasteiger partial charge on any atom is 0.150 e. The molecule has 0 radical (unpaired) electrons. The van der Waals surface area contributed by atoms with E-state index in [4.69, 9.17) is 4.52 Å². The molecule has 1 N–H and O–H groups in total. The molecule has 0 aliphatic carbocycles. The summed E-state index contributed by atoms with van der Waals surface area (Å²) in [6.07, 6.45) is 2.40. The minimum Gasteiger partial charge on any atom is -0.360 e. The zero-order chi connectivity index (χ0) is 13.8. The summed E-state index contributed by atoms with van der Waals surface area (Å²) in [5.74, 6) is 1.71. The van der Waals surface area contributed by atoms with Crippen molar-refractivity contribution in [3.8, 4) is 0 Å². The Labute approximate surface area is 116 Å². The fourth-order valence-electron chi connectivity index (χ4n) is 2.84. The van der Waals surface area contributed by atoms with Crippen LogP contribution in [-0.4, -0.2) is 35.2 Å². The Kier molecular flexibility index (Phi) is 4.99. The molecule has 3 atom stereocenters. The monoisotopic (exact) mass is 265 g/mol. The topological polar surface area (TPSA) is 41.3 Å². The molecule has 4 heteroatoms. The van der Waals surface area contributed by atoms with Crippen LogP contribution in [0.2, 0.25) is 0 Å². The quantitative estimate of drug-likeness (QED) is 0.888. The van der Waals surface area contributed by atoms with Gasteiger partial charge in [-0.2, -0.15) is 0 Å². The summed E-state index contributed by atoms with van der Waals surface area (Å²) >= 11 is 0. The van der Waals surface area contributed by atoms with Crippen LogP contribution in [0.3, 0.4) is 0 Å². The third-order valence-corrected chi connectivity index (χ3v) is 4.40. The number of hydrogen-bond donors (Lipinski definition) is 1. The van der Waals surface area contributed by atoms with Crippen molar-refractivity contribution in [2.45, 2.75) is 59.2 Å². The molecular weight excluding hydrogens is 238 g/mol. The molecule has 1 fully saturated rings. The van der Waals surface area contributed by atoms with Gasteiger partial charge in [0, 0.05) is 31.2 Å². The second-order valence-corrected chi connectivity index (χ2v) is 5.83. The van der Waals surface area contributed by atoms with Crippen molar-refractivity contribution >= 4 is 0 Å². The molecule has 3 unspecified atom stereocenters. The molecule has 4 nitrogen and oxygen atoms in total. The largest absolute Gasteiger partial charge is 0.360 e. The first-order valence-corrected chi connectivity index (χ1v) is 7.53. The molecule has 0 bridgehead atoms. The van der Waals surface area contributed by atoms with Crippen LogP contribution in [0.5, 0.6) is 0 Å². The first-order chi connectivity index (χ1) is 9.13. The van der Waals surface area contributed by atoms with Crippen LogP contribution in [0.1, 0.15) is 45.1 Å². The van der Waals surface area contributed by atoms with Gasteiger partial charge < -0.3 is 9.84 Å². The smallest absolute Gasteiger partial charge is 0.150 e. The highest BCUT2D eigenvalue weighted by atomic mass is 16.5. The van der Waals surface area contributed by atoms with Crippen molar-refractivity contribution in [3.05, 3.63) is 17.5 Å². The molecule has 108 valence electrons. The van der Waals surface area contributed by atoms with Gasteiger partial charge in [-0.15, -0.1) is 0 Å². The van der Waals surface area contributed by atoms with Gasteiger partial charge in [0.15, 0.2) is 5.76 Å². The second-order valence-electron chi connectivity index (χ2n) is 5.83. The minimum absolute atomic E-state index is 0.594. The molecule has 1 aromatic rings. The Balaban J connectivity index is 2.01. The van der Waals surface area contributed by atoms with Gasteiger partial charge in [0.2, 0.25) is 0 Å². The fourth-order valence-corrected chi connectivity index (χ4v) is 2.84. The summed E-state index contributed by atoms with van der Waals surface area (Å²) in [5, 5.41) is 7.69. The third kappa shape index (κ3) is 3.57. The Morgan fingerprint density at radius 2 is 2.32 bits per heavy atom. The van der Waals surface area contributed by atoms with E-state index in [0.29, 0.717) is 12.1 Å². The summed E-state index contributed by atoms with van der Waals surface area (Å²) in [6.45, 7) is 11.9. The van der Waals surface area contributed by atoms with E-state index < -0.39 is 0 Å². The molecule has 2 rings (SSSR count). The predicted octanol–water partition coefficient (Wildman–Crippen LogP) is 2.58. The van der Waals surface area contributed by atoms with Gasteiger partial charge >= 0.3 is 0 Å². The normalized spacial score (nSPS) is 26.5. The average molecular weight is 265 g/mol. The van der Waals surface area contributed by atoms with E-state index in [1.54, 1.807) is 0 Å².